The minimum Gasteiger partial charge on any atom is -0.391 e. The number of unbranched alkanes of at least 4 members (excludes halogenated alkanes) is 3. The standard InChI is InChI=1S/C14H31NO4/c1-3-4-5-6-9-19-12-14(17)10-15-8-7-13(16)11-18-2/h13-17H,3-12H2,1-2H3. The van der Waals surface area contributed by atoms with Crippen LogP contribution in [0, 0.1) is 0 Å². The summed E-state index contributed by atoms with van der Waals surface area (Å²) < 4.78 is 10.2. The molecular formula is C14H31NO4. The van der Waals surface area contributed by atoms with E-state index in [1.165, 1.54) is 19.3 Å². The molecule has 0 aromatic heterocycles. The van der Waals surface area contributed by atoms with Crippen molar-refractivity contribution in [2.45, 2.75) is 51.2 Å². The highest BCUT2D eigenvalue weighted by Crippen LogP contribution is 1.99. The van der Waals surface area contributed by atoms with Crippen LogP contribution in [0.4, 0.5) is 0 Å². The van der Waals surface area contributed by atoms with E-state index in [1.807, 2.05) is 0 Å². The fraction of sp³-hybridized carbons (Fsp3) is 1.00. The summed E-state index contributed by atoms with van der Waals surface area (Å²) in [5.41, 5.74) is 0. The molecule has 0 aromatic rings. The smallest absolute Gasteiger partial charge is 0.0897 e. The number of hydrogen-bond acceptors (Lipinski definition) is 5. The normalized spacial score (nSPS) is 14.5. The van der Waals surface area contributed by atoms with E-state index in [2.05, 4.69) is 12.2 Å². The molecule has 0 bridgehead atoms. The van der Waals surface area contributed by atoms with E-state index in [4.69, 9.17) is 9.47 Å². The van der Waals surface area contributed by atoms with E-state index >= 15 is 0 Å². The van der Waals surface area contributed by atoms with Crippen molar-refractivity contribution in [1.29, 1.82) is 0 Å². The molecule has 0 heterocycles. The Morgan fingerprint density at radius 1 is 1.05 bits per heavy atom. The Balaban J connectivity index is 3.23. The Hall–Kier alpha value is -0.200. The lowest BCUT2D eigenvalue weighted by atomic mass is 10.2. The van der Waals surface area contributed by atoms with Gasteiger partial charge in [0.15, 0.2) is 0 Å². The Kier molecular flexibility index (Phi) is 14.1. The first-order valence-electron chi connectivity index (χ1n) is 7.34. The number of rotatable bonds is 14. The molecule has 3 N–H and O–H groups in total. The van der Waals surface area contributed by atoms with Crippen LogP contribution < -0.4 is 5.32 Å². The van der Waals surface area contributed by atoms with Gasteiger partial charge in [-0.05, 0) is 19.4 Å². The largest absolute Gasteiger partial charge is 0.391 e. The summed E-state index contributed by atoms with van der Waals surface area (Å²) in [6.07, 6.45) is 4.44. The summed E-state index contributed by atoms with van der Waals surface area (Å²) in [4.78, 5) is 0. The van der Waals surface area contributed by atoms with Crippen LogP contribution in [-0.2, 0) is 9.47 Å². The van der Waals surface area contributed by atoms with Crippen molar-refractivity contribution in [2.75, 3.05) is 40.0 Å². The molecule has 0 rings (SSSR count). The number of methoxy groups -OCH3 is 1. The predicted octanol–water partition coefficient (Wildman–Crippen LogP) is 0.931. The van der Waals surface area contributed by atoms with Crippen LogP contribution in [0.3, 0.4) is 0 Å². The van der Waals surface area contributed by atoms with E-state index in [-0.39, 0.29) is 0 Å². The van der Waals surface area contributed by atoms with Crippen molar-refractivity contribution in [3.05, 3.63) is 0 Å². The summed E-state index contributed by atoms with van der Waals surface area (Å²) in [5, 5.41) is 22.1. The van der Waals surface area contributed by atoms with Crippen molar-refractivity contribution in [3.8, 4) is 0 Å². The van der Waals surface area contributed by atoms with Gasteiger partial charge in [0, 0.05) is 20.3 Å². The van der Waals surface area contributed by atoms with Crippen LogP contribution in [0.2, 0.25) is 0 Å². The second-order valence-corrected chi connectivity index (χ2v) is 4.89. The zero-order chi connectivity index (χ0) is 14.3. The molecule has 5 nitrogen and oxygen atoms in total. The lowest BCUT2D eigenvalue weighted by Crippen LogP contribution is -2.32. The second kappa shape index (κ2) is 14.2. The average Bonchev–Trinajstić information content (AvgIpc) is 2.39. The van der Waals surface area contributed by atoms with Crippen LogP contribution in [0.15, 0.2) is 0 Å². The average molecular weight is 277 g/mol. The maximum Gasteiger partial charge on any atom is 0.0897 e. The number of hydrogen-bond donors (Lipinski definition) is 3. The van der Waals surface area contributed by atoms with Crippen LogP contribution >= 0.6 is 0 Å². The fourth-order valence-electron chi connectivity index (χ4n) is 1.72. The molecule has 0 fully saturated rings. The number of nitrogens with one attached hydrogen (secondary N) is 1. The Labute approximate surface area is 117 Å². The zero-order valence-corrected chi connectivity index (χ0v) is 12.4. The first-order valence-corrected chi connectivity index (χ1v) is 7.34. The van der Waals surface area contributed by atoms with Gasteiger partial charge in [0.1, 0.15) is 0 Å². The van der Waals surface area contributed by atoms with Crippen molar-refractivity contribution in [2.24, 2.45) is 0 Å². The Bertz CT molecular complexity index is 181. The van der Waals surface area contributed by atoms with E-state index in [0.29, 0.717) is 32.7 Å². The molecule has 0 radical (unpaired) electrons. The molecule has 0 spiro atoms. The fourth-order valence-corrected chi connectivity index (χ4v) is 1.72. The van der Waals surface area contributed by atoms with E-state index in [0.717, 1.165) is 13.0 Å². The summed E-state index contributed by atoms with van der Waals surface area (Å²) >= 11 is 0. The van der Waals surface area contributed by atoms with Crippen LogP contribution in [0.5, 0.6) is 0 Å². The van der Waals surface area contributed by atoms with Crippen molar-refractivity contribution in [3.63, 3.8) is 0 Å². The van der Waals surface area contributed by atoms with E-state index < -0.39 is 12.2 Å². The highest BCUT2D eigenvalue weighted by atomic mass is 16.5. The van der Waals surface area contributed by atoms with Crippen LogP contribution in [0.25, 0.3) is 0 Å². The van der Waals surface area contributed by atoms with Gasteiger partial charge in [-0.2, -0.15) is 0 Å². The highest BCUT2D eigenvalue weighted by molar-refractivity contribution is 4.61. The van der Waals surface area contributed by atoms with Gasteiger partial charge in [-0.3, -0.25) is 0 Å². The number of aliphatic hydroxyl groups is 2. The Morgan fingerprint density at radius 2 is 1.84 bits per heavy atom. The van der Waals surface area contributed by atoms with E-state index in [9.17, 15) is 10.2 Å². The van der Waals surface area contributed by atoms with Gasteiger partial charge in [0.05, 0.1) is 25.4 Å². The molecule has 0 aliphatic rings. The van der Waals surface area contributed by atoms with Gasteiger partial charge >= 0.3 is 0 Å². The lowest BCUT2D eigenvalue weighted by molar-refractivity contribution is 0.0334. The molecule has 0 saturated carbocycles. The molecule has 0 aliphatic heterocycles. The van der Waals surface area contributed by atoms with Gasteiger partial charge in [0.2, 0.25) is 0 Å². The molecule has 2 unspecified atom stereocenters. The summed E-state index contributed by atoms with van der Waals surface area (Å²) in [7, 11) is 1.57. The van der Waals surface area contributed by atoms with Gasteiger partial charge in [-0.15, -0.1) is 0 Å². The predicted molar refractivity (Wildman–Crippen MR) is 76.3 cm³/mol. The summed E-state index contributed by atoms with van der Waals surface area (Å²) in [5.74, 6) is 0. The monoisotopic (exact) mass is 277 g/mol. The molecule has 5 heteroatoms. The number of ether oxygens (including phenoxy) is 2. The molecule has 2 atom stereocenters. The zero-order valence-electron chi connectivity index (χ0n) is 12.4. The first kappa shape index (κ1) is 18.8. The van der Waals surface area contributed by atoms with Crippen LogP contribution in [0.1, 0.15) is 39.0 Å². The van der Waals surface area contributed by atoms with Crippen molar-refractivity contribution < 1.29 is 19.7 Å². The molecule has 0 aliphatic carbocycles. The highest BCUT2D eigenvalue weighted by Gasteiger charge is 2.05. The minimum atomic E-state index is -0.481. The summed E-state index contributed by atoms with van der Waals surface area (Å²) in [6.45, 7) is 4.79. The summed E-state index contributed by atoms with van der Waals surface area (Å²) in [6, 6.07) is 0. The SMILES string of the molecule is CCCCCCOCC(O)CNCCC(O)COC. The van der Waals surface area contributed by atoms with Gasteiger partial charge in [-0.25, -0.2) is 0 Å². The van der Waals surface area contributed by atoms with Gasteiger partial charge < -0.3 is 25.0 Å². The number of aliphatic hydroxyl groups excluding tert-OH is 2. The topological polar surface area (TPSA) is 71.0 Å². The maximum atomic E-state index is 9.65. The third-order valence-electron chi connectivity index (χ3n) is 2.85. The molecule has 0 saturated heterocycles. The quantitative estimate of drug-likeness (QED) is 0.412. The molecule has 0 aromatic carbocycles. The van der Waals surface area contributed by atoms with Crippen LogP contribution in [-0.4, -0.2) is 62.4 Å². The third-order valence-corrected chi connectivity index (χ3v) is 2.85. The lowest BCUT2D eigenvalue weighted by Gasteiger charge is -2.14. The second-order valence-electron chi connectivity index (χ2n) is 4.89. The van der Waals surface area contributed by atoms with Gasteiger partial charge in [0.25, 0.3) is 0 Å². The van der Waals surface area contributed by atoms with E-state index in [1.54, 1.807) is 7.11 Å². The molecular weight excluding hydrogens is 246 g/mol. The van der Waals surface area contributed by atoms with Gasteiger partial charge in [-0.1, -0.05) is 26.2 Å². The van der Waals surface area contributed by atoms with Crippen molar-refractivity contribution >= 4 is 0 Å². The molecule has 19 heavy (non-hydrogen) atoms. The third kappa shape index (κ3) is 14.0. The van der Waals surface area contributed by atoms with Crippen molar-refractivity contribution in [1.82, 2.24) is 5.32 Å². The Morgan fingerprint density at radius 3 is 2.53 bits per heavy atom. The molecule has 116 valence electrons. The first-order chi connectivity index (χ1) is 9.20. The molecule has 0 amide bonds. The minimum absolute atomic E-state index is 0.352. The maximum absolute atomic E-state index is 9.65.